The van der Waals surface area contributed by atoms with Gasteiger partial charge in [-0.2, -0.15) is 5.26 Å². The summed E-state index contributed by atoms with van der Waals surface area (Å²) in [6, 6.07) is 13.1. The van der Waals surface area contributed by atoms with Crippen LogP contribution in [0.1, 0.15) is 22.5 Å². The molecule has 9 heteroatoms. The van der Waals surface area contributed by atoms with Crippen LogP contribution in [0.4, 0.5) is 11.5 Å². The molecule has 4 rings (SSSR count). The van der Waals surface area contributed by atoms with Crippen molar-refractivity contribution in [2.45, 2.75) is 12.5 Å². The second-order valence-corrected chi connectivity index (χ2v) is 6.72. The molecule has 1 saturated heterocycles. The maximum atomic E-state index is 12.5. The zero-order valence-corrected chi connectivity index (χ0v) is 15.3. The molecule has 0 bridgehead atoms. The Kier molecular flexibility index (Phi) is 4.75. The molecular weight excluding hydrogens is 372 g/mol. The Morgan fingerprint density at radius 1 is 1.31 bits per heavy atom. The van der Waals surface area contributed by atoms with Crippen LogP contribution in [0.5, 0.6) is 0 Å². The zero-order chi connectivity index (χ0) is 20.4. The molecule has 1 amide bonds. The first-order chi connectivity index (χ1) is 14.0. The maximum absolute atomic E-state index is 12.5. The zero-order valence-electron chi connectivity index (χ0n) is 15.3. The number of non-ortho nitro benzene ring substituents is 1. The van der Waals surface area contributed by atoms with E-state index in [-0.39, 0.29) is 17.6 Å². The highest BCUT2D eigenvalue weighted by atomic mass is 16.6. The van der Waals surface area contributed by atoms with Crippen molar-refractivity contribution >= 4 is 28.3 Å². The molecule has 0 aliphatic carbocycles. The molecule has 0 saturated carbocycles. The minimum Gasteiger partial charge on any atom is -0.365 e. The van der Waals surface area contributed by atoms with Crippen LogP contribution < -0.4 is 5.32 Å². The third-order valence-electron chi connectivity index (χ3n) is 4.84. The lowest BCUT2D eigenvalue weighted by atomic mass is 10.1. The van der Waals surface area contributed by atoms with Crippen LogP contribution in [-0.4, -0.2) is 44.8 Å². The molecule has 3 aromatic rings. The number of benzene rings is 1. The Morgan fingerprint density at radius 2 is 2.17 bits per heavy atom. The summed E-state index contributed by atoms with van der Waals surface area (Å²) in [4.78, 5) is 33.3. The average molecular weight is 388 g/mol. The van der Waals surface area contributed by atoms with E-state index in [1.807, 2.05) is 0 Å². The minimum atomic E-state index is -0.502. The second-order valence-electron chi connectivity index (χ2n) is 6.72. The molecule has 1 unspecified atom stereocenters. The van der Waals surface area contributed by atoms with Gasteiger partial charge in [0.05, 0.1) is 22.1 Å². The SMILES string of the molecule is N#Cc1cc(NC2CCN(C(=O)c3ccccn3)C2)nc2ccc([N+](=O)[O-])cc12. The maximum Gasteiger partial charge on any atom is 0.272 e. The van der Waals surface area contributed by atoms with Gasteiger partial charge >= 0.3 is 0 Å². The number of nitro groups is 1. The number of carbonyl (C=O) groups is 1. The predicted octanol–water partition coefficient (Wildman–Crippen LogP) is 2.74. The van der Waals surface area contributed by atoms with Crippen LogP contribution in [-0.2, 0) is 0 Å². The average Bonchev–Trinajstić information content (AvgIpc) is 3.21. The van der Waals surface area contributed by atoms with Crippen LogP contribution in [0.2, 0.25) is 0 Å². The number of hydrogen-bond acceptors (Lipinski definition) is 7. The normalized spacial score (nSPS) is 15.8. The fraction of sp³-hybridized carbons (Fsp3) is 0.200. The highest BCUT2D eigenvalue weighted by Gasteiger charge is 2.28. The summed E-state index contributed by atoms with van der Waals surface area (Å²) in [6.07, 6.45) is 2.33. The Bertz CT molecular complexity index is 1140. The number of nitrogens with zero attached hydrogens (tertiary/aromatic N) is 5. The van der Waals surface area contributed by atoms with Gasteiger partial charge in [-0.3, -0.25) is 19.9 Å². The fourth-order valence-electron chi connectivity index (χ4n) is 3.42. The summed E-state index contributed by atoms with van der Waals surface area (Å²) in [6.45, 7) is 1.09. The van der Waals surface area contributed by atoms with Gasteiger partial charge in [-0.15, -0.1) is 0 Å². The number of nitrogens with one attached hydrogen (secondary N) is 1. The quantitative estimate of drug-likeness (QED) is 0.538. The van der Waals surface area contributed by atoms with E-state index < -0.39 is 4.92 Å². The number of nitro benzene ring substituents is 1. The first-order valence-electron chi connectivity index (χ1n) is 9.01. The summed E-state index contributed by atoms with van der Waals surface area (Å²) < 4.78 is 0. The largest absolute Gasteiger partial charge is 0.365 e. The van der Waals surface area contributed by atoms with Crippen LogP contribution in [0.15, 0.2) is 48.7 Å². The van der Waals surface area contributed by atoms with Crippen LogP contribution in [0.25, 0.3) is 10.9 Å². The summed E-state index contributed by atoms with van der Waals surface area (Å²) in [7, 11) is 0. The molecular formula is C20H16N6O3. The summed E-state index contributed by atoms with van der Waals surface area (Å²) in [5.41, 5.74) is 1.12. The molecule has 2 aromatic heterocycles. The number of nitriles is 1. The molecule has 1 aliphatic heterocycles. The molecule has 9 nitrogen and oxygen atoms in total. The molecule has 0 radical (unpaired) electrons. The number of likely N-dealkylation sites (tertiary alicyclic amines) is 1. The van der Waals surface area contributed by atoms with E-state index in [4.69, 9.17) is 0 Å². The van der Waals surface area contributed by atoms with Crippen molar-refractivity contribution < 1.29 is 9.72 Å². The minimum absolute atomic E-state index is 0.0165. The number of carbonyl (C=O) groups excluding carboxylic acids is 1. The Labute approximate surface area is 165 Å². The van der Waals surface area contributed by atoms with Crippen molar-refractivity contribution in [3.8, 4) is 6.07 Å². The van der Waals surface area contributed by atoms with Gasteiger partial charge < -0.3 is 10.2 Å². The van der Waals surface area contributed by atoms with E-state index in [1.165, 1.54) is 18.2 Å². The van der Waals surface area contributed by atoms with Gasteiger partial charge in [0.1, 0.15) is 11.5 Å². The van der Waals surface area contributed by atoms with Gasteiger partial charge in [0, 0.05) is 42.8 Å². The van der Waals surface area contributed by atoms with E-state index in [0.717, 1.165) is 6.42 Å². The first-order valence-corrected chi connectivity index (χ1v) is 9.01. The summed E-state index contributed by atoms with van der Waals surface area (Å²) >= 11 is 0. The van der Waals surface area contributed by atoms with Crippen molar-refractivity contribution in [2.24, 2.45) is 0 Å². The number of anilines is 1. The molecule has 1 fully saturated rings. The van der Waals surface area contributed by atoms with E-state index >= 15 is 0 Å². The molecule has 1 N–H and O–H groups in total. The third-order valence-corrected chi connectivity index (χ3v) is 4.84. The lowest BCUT2D eigenvalue weighted by Crippen LogP contribution is -2.32. The lowest BCUT2D eigenvalue weighted by Gasteiger charge is -2.17. The van der Waals surface area contributed by atoms with Crippen molar-refractivity contribution in [1.29, 1.82) is 5.26 Å². The highest BCUT2D eigenvalue weighted by molar-refractivity contribution is 5.92. The first kappa shape index (κ1) is 18.3. The predicted molar refractivity (Wildman–Crippen MR) is 105 cm³/mol. The smallest absolute Gasteiger partial charge is 0.272 e. The molecule has 29 heavy (non-hydrogen) atoms. The van der Waals surface area contributed by atoms with Crippen LogP contribution in [0, 0.1) is 21.4 Å². The molecule has 144 valence electrons. The van der Waals surface area contributed by atoms with Crippen molar-refractivity contribution in [3.05, 3.63) is 70.0 Å². The Balaban J connectivity index is 1.53. The fourth-order valence-corrected chi connectivity index (χ4v) is 3.42. The number of amides is 1. The van der Waals surface area contributed by atoms with Crippen molar-refractivity contribution in [3.63, 3.8) is 0 Å². The van der Waals surface area contributed by atoms with E-state index in [0.29, 0.717) is 41.1 Å². The number of rotatable bonds is 4. The van der Waals surface area contributed by atoms with Gasteiger partial charge in [-0.25, -0.2) is 4.98 Å². The number of fused-ring (bicyclic) bond motifs is 1. The van der Waals surface area contributed by atoms with Gasteiger partial charge in [0.15, 0.2) is 0 Å². The van der Waals surface area contributed by atoms with Crippen molar-refractivity contribution in [2.75, 3.05) is 18.4 Å². The summed E-state index contributed by atoms with van der Waals surface area (Å²) in [5, 5.41) is 24.1. The number of hydrogen-bond donors (Lipinski definition) is 1. The van der Waals surface area contributed by atoms with E-state index in [1.54, 1.807) is 35.4 Å². The Hall–Kier alpha value is -4.06. The standard InChI is InChI=1S/C20H16N6O3/c21-11-13-9-19(24-17-5-4-15(26(28)29)10-16(13)17)23-14-6-8-25(12-14)20(27)18-3-1-2-7-22-18/h1-5,7,9-10,14H,6,8,12H2,(H,23,24). The van der Waals surface area contributed by atoms with Gasteiger partial charge in [0.25, 0.3) is 11.6 Å². The van der Waals surface area contributed by atoms with Gasteiger partial charge in [0.2, 0.25) is 0 Å². The summed E-state index contributed by atoms with van der Waals surface area (Å²) in [5.74, 6) is 0.381. The van der Waals surface area contributed by atoms with Gasteiger partial charge in [-0.1, -0.05) is 6.07 Å². The molecule has 1 atom stereocenters. The highest BCUT2D eigenvalue weighted by Crippen LogP contribution is 2.26. The Morgan fingerprint density at radius 3 is 2.90 bits per heavy atom. The number of pyridine rings is 2. The third kappa shape index (κ3) is 3.68. The topological polar surface area (TPSA) is 125 Å². The molecule has 1 aromatic carbocycles. The molecule has 3 heterocycles. The molecule has 0 spiro atoms. The monoisotopic (exact) mass is 388 g/mol. The van der Waals surface area contributed by atoms with Crippen LogP contribution in [0.3, 0.4) is 0 Å². The van der Waals surface area contributed by atoms with Crippen molar-refractivity contribution in [1.82, 2.24) is 14.9 Å². The number of aromatic nitrogens is 2. The van der Waals surface area contributed by atoms with E-state index in [9.17, 15) is 20.2 Å². The van der Waals surface area contributed by atoms with E-state index in [2.05, 4.69) is 21.4 Å². The molecule has 1 aliphatic rings. The second kappa shape index (κ2) is 7.52. The lowest BCUT2D eigenvalue weighted by molar-refractivity contribution is -0.384. The van der Waals surface area contributed by atoms with Crippen LogP contribution >= 0.6 is 0 Å². The van der Waals surface area contributed by atoms with Gasteiger partial charge in [-0.05, 0) is 30.7 Å².